The van der Waals surface area contributed by atoms with Gasteiger partial charge in [0.25, 0.3) is 0 Å². The molecule has 1 aliphatic carbocycles. The maximum atomic E-state index is 13.4. The van der Waals surface area contributed by atoms with Crippen molar-refractivity contribution in [2.24, 2.45) is 11.3 Å². The summed E-state index contributed by atoms with van der Waals surface area (Å²) in [5.41, 5.74) is 1.47. The van der Waals surface area contributed by atoms with Gasteiger partial charge in [0, 0.05) is 6.54 Å². The lowest BCUT2D eigenvalue weighted by molar-refractivity contribution is 0.141. The van der Waals surface area contributed by atoms with E-state index in [1.807, 2.05) is 13.1 Å². The molecular weight excluding hydrogens is 261 g/mol. The van der Waals surface area contributed by atoms with Crippen LogP contribution in [0.1, 0.15) is 57.4 Å². The van der Waals surface area contributed by atoms with Crippen molar-refractivity contribution < 1.29 is 4.39 Å². The molecule has 1 aromatic carbocycles. The Morgan fingerprint density at radius 3 is 2.67 bits per heavy atom. The molecule has 1 aromatic rings. The molecule has 1 nitrogen and oxygen atoms in total. The van der Waals surface area contributed by atoms with Gasteiger partial charge < -0.3 is 5.32 Å². The highest BCUT2D eigenvalue weighted by Crippen LogP contribution is 2.42. The molecule has 0 heterocycles. The first-order valence-electron chi connectivity index (χ1n) is 8.56. The van der Waals surface area contributed by atoms with Crippen LogP contribution < -0.4 is 5.32 Å². The van der Waals surface area contributed by atoms with E-state index in [2.05, 4.69) is 18.3 Å². The summed E-state index contributed by atoms with van der Waals surface area (Å²) in [5, 5.41) is 3.38. The number of halogens is 1. The van der Waals surface area contributed by atoms with Gasteiger partial charge in [-0.3, -0.25) is 0 Å². The minimum atomic E-state index is -0.108. The Balaban J connectivity index is 1.98. The van der Waals surface area contributed by atoms with Crippen LogP contribution in [0.5, 0.6) is 0 Å². The summed E-state index contributed by atoms with van der Waals surface area (Å²) in [6, 6.07) is 7.16. The van der Waals surface area contributed by atoms with Crippen LogP contribution in [0.3, 0.4) is 0 Å². The number of nitrogens with one attached hydrogen (secondary N) is 1. The van der Waals surface area contributed by atoms with Gasteiger partial charge in [-0.25, -0.2) is 4.39 Å². The van der Waals surface area contributed by atoms with Crippen LogP contribution in [0.25, 0.3) is 0 Å². The van der Waals surface area contributed by atoms with Crippen LogP contribution in [0.2, 0.25) is 0 Å². The summed E-state index contributed by atoms with van der Waals surface area (Å²) < 4.78 is 13.4. The average molecular weight is 291 g/mol. The van der Waals surface area contributed by atoms with Gasteiger partial charge in [-0.15, -0.1) is 0 Å². The molecule has 1 saturated carbocycles. The van der Waals surface area contributed by atoms with Gasteiger partial charge in [0.05, 0.1) is 0 Å². The largest absolute Gasteiger partial charge is 0.319 e. The zero-order valence-electron chi connectivity index (χ0n) is 13.6. The van der Waals surface area contributed by atoms with Crippen molar-refractivity contribution in [3.05, 3.63) is 35.6 Å². The molecule has 0 spiro atoms. The minimum absolute atomic E-state index is 0.108. The van der Waals surface area contributed by atoms with Crippen LogP contribution in [0.4, 0.5) is 4.39 Å². The number of rotatable bonds is 7. The lowest BCUT2D eigenvalue weighted by atomic mass is 9.66. The van der Waals surface area contributed by atoms with Gasteiger partial charge in [-0.05, 0) is 68.2 Å². The first kappa shape index (κ1) is 16.5. The lowest BCUT2D eigenvalue weighted by Crippen LogP contribution is -2.38. The van der Waals surface area contributed by atoms with Crippen LogP contribution in [-0.4, -0.2) is 13.6 Å². The number of benzene rings is 1. The molecule has 0 aliphatic heterocycles. The van der Waals surface area contributed by atoms with E-state index in [4.69, 9.17) is 0 Å². The molecule has 118 valence electrons. The molecule has 0 unspecified atom stereocenters. The summed E-state index contributed by atoms with van der Waals surface area (Å²) in [6.45, 7) is 3.32. The van der Waals surface area contributed by atoms with E-state index in [9.17, 15) is 4.39 Å². The second kappa shape index (κ2) is 7.93. The first-order valence-corrected chi connectivity index (χ1v) is 8.56. The van der Waals surface area contributed by atoms with Gasteiger partial charge in [-0.2, -0.15) is 0 Å². The SMILES string of the molecule is CCCCC1CCC(CNC)(Cc2cccc(F)c2)CC1. The molecule has 2 heteroatoms. The molecule has 21 heavy (non-hydrogen) atoms. The highest BCUT2D eigenvalue weighted by Gasteiger charge is 2.34. The molecular formula is C19H30FN. The molecule has 1 fully saturated rings. The highest BCUT2D eigenvalue weighted by molar-refractivity contribution is 5.18. The second-order valence-corrected chi connectivity index (χ2v) is 6.92. The van der Waals surface area contributed by atoms with Crippen LogP contribution in [0, 0.1) is 17.2 Å². The van der Waals surface area contributed by atoms with E-state index >= 15 is 0 Å². The number of unbranched alkanes of at least 4 members (excludes halogenated alkanes) is 1. The summed E-state index contributed by atoms with van der Waals surface area (Å²) in [5.74, 6) is 0.811. The van der Waals surface area contributed by atoms with E-state index in [-0.39, 0.29) is 5.82 Å². The van der Waals surface area contributed by atoms with Crippen molar-refractivity contribution in [3.63, 3.8) is 0 Å². The fraction of sp³-hybridized carbons (Fsp3) is 0.684. The van der Waals surface area contributed by atoms with Crippen molar-refractivity contribution in [2.45, 2.75) is 58.3 Å². The van der Waals surface area contributed by atoms with E-state index < -0.39 is 0 Å². The zero-order valence-corrected chi connectivity index (χ0v) is 13.6. The fourth-order valence-corrected chi connectivity index (χ4v) is 3.94. The second-order valence-electron chi connectivity index (χ2n) is 6.92. The zero-order chi connectivity index (χ0) is 15.1. The third-order valence-electron chi connectivity index (χ3n) is 5.15. The molecule has 1 N–H and O–H groups in total. The number of hydrogen-bond acceptors (Lipinski definition) is 1. The van der Waals surface area contributed by atoms with Crippen molar-refractivity contribution in [1.29, 1.82) is 0 Å². The normalized spacial score (nSPS) is 26.0. The summed E-state index contributed by atoms with van der Waals surface area (Å²) in [4.78, 5) is 0. The van der Waals surface area contributed by atoms with Crippen molar-refractivity contribution in [2.75, 3.05) is 13.6 Å². The third-order valence-corrected chi connectivity index (χ3v) is 5.15. The molecule has 0 atom stereocenters. The monoisotopic (exact) mass is 291 g/mol. The third kappa shape index (κ3) is 4.81. The highest BCUT2D eigenvalue weighted by atomic mass is 19.1. The Morgan fingerprint density at radius 2 is 2.05 bits per heavy atom. The summed E-state index contributed by atoms with van der Waals surface area (Å²) >= 11 is 0. The Morgan fingerprint density at radius 1 is 1.29 bits per heavy atom. The van der Waals surface area contributed by atoms with E-state index in [0.29, 0.717) is 5.41 Å². The number of hydrogen-bond donors (Lipinski definition) is 1. The van der Waals surface area contributed by atoms with Crippen molar-refractivity contribution >= 4 is 0 Å². The fourth-order valence-electron chi connectivity index (χ4n) is 3.94. The first-order chi connectivity index (χ1) is 10.2. The molecule has 0 radical (unpaired) electrons. The molecule has 0 bridgehead atoms. The predicted molar refractivity (Wildman–Crippen MR) is 87.9 cm³/mol. The van der Waals surface area contributed by atoms with Gasteiger partial charge in [-0.1, -0.05) is 38.3 Å². The predicted octanol–water partition coefficient (Wildman–Crippen LogP) is 4.95. The smallest absolute Gasteiger partial charge is 0.123 e. The van der Waals surface area contributed by atoms with E-state index in [0.717, 1.165) is 24.4 Å². The van der Waals surface area contributed by atoms with Crippen LogP contribution >= 0.6 is 0 Å². The lowest BCUT2D eigenvalue weighted by Gasteiger charge is -2.40. The molecule has 0 amide bonds. The quantitative estimate of drug-likeness (QED) is 0.749. The van der Waals surface area contributed by atoms with Crippen molar-refractivity contribution in [3.8, 4) is 0 Å². The summed E-state index contributed by atoms with van der Waals surface area (Å²) in [7, 11) is 2.04. The van der Waals surface area contributed by atoms with Gasteiger partial charge in [0.15, 0.2) is 0 Å². The maximum absolute atomic E-state index is 13.4. The molecule has 0 saturated heterocycles. The molecule has 2 rings (SSSR count). The Kier molecular flexibility index (Phi) is 6.22. The maximum Gasteiger partial charge on any atom is 0.123 e. The molecule has 1 aliphatic rings. The van der Waals surface area contributed by atoms with E-state index in [1.54, 1.807) is 6.07 Å². The molecule has 0 aromatic heterocycles. The average Bonchev–Trinajstić information content (AvgIpc) is 2.47. The van der Waals surface area contributed by atoms with Crippen molar-refractivity contribution in [1.82, 2.24) is 5.32 Å². The summed E-state index contributed by atoms with van der Waals surface area (Å²) in [6.07, 6.45) is 10.3. The van der Waals surface area contributed by atoms with Gasteiger partial charge in [0.1, 0.15) is 5.82 Å². The Labute approximate surface area is 129 Å². The van der Waals surface area contributed by atoms with Gasteiger partial charge in [0.2, 0.25) is 0 Å². The minimum Gasteiger partial charge on any atom is -0.319 e. The topological polar surface area (TPSA) is 12.0 Å². The standard InChI is InChI=1S/C19H30FN/c1-3-4-6-16-9-11-19(12-10-16,15-21-2)14-17-7-5-8-18(20)13-17/h5,7-8,13,16,21H,3-4,6,9-12,14-15H2,1-2H3. The van der Waals surface area contributed by atoms with E-state index in [1.165, 1.54) is 51.0 Å². The van der Waals surface area contributed by atoms with Gasteiger partial charge >= 0.3 is 0 Å². The van der Waals surface area contributed by atoms with Crippen LogP contribution in [-0.2, 0) is 6.42 Å². The van der Waals surface area contributed by atoms with Crippen LogP contribution in [0.15, 0.2) is 24.3 Å². The Hall–Kier alpha value is -0.890. The Bertz CT molecular complexity index is 421.